The zero-order valence-corrected chi connectivity index (χ0v) is 31.3. The number of hydrogen-bond acceptors (Lipinski definition) is 13. The second kappa shape index (κ2) is 12.6. The Balaban J connectivity index is 1.39. The molecule has 0 spiro atoms. The molecule has 4 unspecified atom stereocenters. The van der Waals surface area contributed by atoms with Crippen LogP contribution in [0.25, 0.3) is 22.1 Å². The second-order valence-electron chi connectivity index (χ2n) is 15.0. The molecule has 6 N–H and O–H groups in total. The fourth-order valence-electron chi connectivity index (χ4n) is 9.62. The van der Waals surface area contributed by atoms with Crippen LogP contribution in [0.4, 0.5) is 11.6 Å². The number of halogens is 2. The molecule has 52 heavy (non-hydrogen) atoms. The monoisotopic (exact) mass is 751 g/mol. The molecule has 3 aliphatic heterocycles. The van der Waals surface area contributed by atoms with E-state index in [2.05, 4.69) is 50.1 Å². The third kappa shape index (κ3) is 5.00. The molecule has 8 rings (SSSR count). The van der Waals surface area contributed by atoms with Gasteiger partial charge in [-0.1, -0.05) is 23.2 Å². The number of β-amino-alcohol motifs (C(OH)–C–C–N with tert-alkyl or cyclic N) is 1. The van der Waals surface area contributed by atoms with Gasteiger partial charge in [-0.25, -0.2) is 29.3 Å². The van der Waals surface area contributed by atoms with Gasteiger partial charge in [0.15, 0.2) is 11.3 Å². The lowest BCUT2D eigenvalue weighted by Crippen LogP contribution is -2.78. The average molecular weight is 753 g/mol. The summed E-state index contributed by atoms with van der Waals surface area (Å²) >= 11 is 15.0. The molecule has 4 aromatic heterocycles. The molecule has 1 aliphatic carbocycles. The molecular formula is C34H45Cl2N14O2+. The fraction of sp³-hybridized carbons (Fsp3) is 0.618. The average Bonchev–Trinajstić information content (AvgIpc) is 3.51. The third-order valence-electron chi connectivity index (χ3n) is 12.5. The van der Waals surface area contributed by atoms with Crippen LogP contribution in [0.5, 0.6) is 0 Å². The summed E-state index contributed by atoms with van der Waals surface area (Å²) < 4.78 is 10.1. The maximum atomic E-state index is 10.9. The van der Waals surface area contributed by atoms with E-state index in [1.165, 1.54) is 12.7 Å². The van der Waals surface area contributed by atoms with E-state index in [1.54, 1.807) is 0 Å². The van der Waals surface area contributed by atoms with E-state index in [-0.39, 0.29) is 19.1 Å². The summed E-state index contributed by atoms with van der Waals surface area (Å²) in [5.74, 6) is 0.498. The molecule has 0 radical (unpaired) electrons. The Labute approximate surface area is 311 Å². The fourth-order valence-corrected chi connectivity index (χ4v) is 10.4. The summed E-state index contributed by atoms with van der Waals surface area (Å²) in [4.78, 5) is 20.1. The van der Waals surface area contributed by atoms with Gasteiger partial charge in [0.25, 0.3) is 0 Å². The molecule has 0 amide bonds. The van der Waals surface area contributed by atoms with Gasteiger partial charge in [-0.3, -0.25) is 4.90 Å². The Kier molecular flexibility index (Phi) is 8.55. The maximum absolute atomic E-state index is 10.9. The molecule has 0 saturated carbocycles. The predicted molar refractivity (Wildman–Crippen MR) is 196 cm³/mol. The van der Waals surface area contributed by atoms with Gasteiger partial charge in [0, 0.05) is 25.2 Å². The number of anilines is 2. The molecule has 4 atom stereocenters. The van der Waals surface area contributed by atoms with Gasteiger partial charge in [0.1, 0.15) is 72.1 Å². The lowest BCUT2D eigenvalue weighted by molar-refractivity contribution is -0.975. The first-order valence-electron chi connectivity index (χ1n) is 17.8. The Hall–Kier alpha value is -3.85. The summed E-state index contributed by atoms with van der Waals surface area (Å²) in [6.07, 6.45) is 3.00. The van der Waals surface area contributed by atoms with Crippen LogP contribution >= 0.6 is 23.2 Å². The van der Waals surface area contributed by atoms with Crippen molar-refractivity contribution in [1.82, 2.24) is 49.7 Å². The highest BCUT2D eigenvalue weighted by Crippen LogP contribution is 2.63. The van der Waals surface area contributed by atoms with Gasteiger partial charge in [0.05, 0.1) is 65.4 Å². The van der Waals surface area contributed by atoms with Crippen molar-refractivity contribution in [3.05, 3.63) is 35.4 Å². The number of aliphatic hydroxyl groups excluding tert-OH is 1. The molecule has 7 heterocycles. The summed E-state index contributed by atoms with van der Waals surface area (Å²) in [6, 6.07) is 2.11. The number of quaternary nitrogens is 1. The third-order valence-corrected chi connectivity index (χ3v) is 13.2. The van der Waals surface area contributed by atoms with E-state index in [0.29, 0.717) is 76.6 Å². The van der Waals surface area contributed by atoms with Crippen LogP contribution in [-0.2, 0) is 4.74 Å². The number of fused-ring (bicyclic) bond motifs is 2. The van der Waals surface area contributed by atoms with Gasteiger partial charge >= 0.3 is 0 Å². The number of nitrogens with two attached hydrogens (primary N) is 2. The summed E-state index contributed by atoms with van der Waals surface area (Å²) in [5, 5.41) is 35.5. The van der Waals surface area contributed by atoms with Crippen molar-refractivity contribution in [3.8, 4) is 6.07 Å². The zero-order valence-electron chi connectivity index (χ0n) is 29.8. The first-order valence-corrected chi connectivity index (χ1v) is 18.6. The van der Waals surface area contributed by atoms with Crippen molar-refractivity contribution in [2.75, 3.05) is 70.5 Å². The predicted octanol–water partition coefficient (Wildman–Crippen LogP) is 2.02. The van der Waals surface area contributed by atoms with Gasteiger partial charge < -0.3 is 31.1 Å². The number of rotatable bonds is 8. The van der Waals surface area contributed by atoms with Crippen LogP contribution < -0.4 is 16.8 Å². The number of allylic oxidation sites excluding steroid dienone is 1. The Morgan fingerprint density at radius 1 is 1.00 bits per heavy atom. The van der Waals surface area contributed by atoms with Crippen molar-refractivity contribution in [2.24, 2.45) is 11.3 Å². The molecule has 0 aromatic carbocycles. The van der Waals surface area contributed by atoms with Crippen LogP contribution in [0.15, 0.2) is 24.0 Å². The Bertz CT molecular complexity index is 2020. The van der Waals surface area contributed by atoms with E-state index in [4.69, 9.17) is 49.6 Å². The first-order chi connectivity index (χ1) is 24.9. The lowest BCUT2D eigenvalue weighted by Gasteiger charge is -2.58. The number of nitrogen functional groups attached to an aromatic ring is 2. The number of alkyl halides is 2. The Morgan fingerprint density at radius 3 is 2.08 bits per heavy atom. The number of aryl methyl sites for hydroxylation is 2. The molecule has 0 bridgehead atoms. The van der Waals surface area contributed by atoms with Crippen LogP contribution in [0.3, 0.4) is 0 Å². The van der Waals surface area contributed by atoms with Crippen molar-refractivity contribution in [1.29, 1.82) is 5.26 Å². The number of ether oxygens (including phenoxy) is 1. The van der Waals surface area contributed by atoms with E-state index in [0.717, 1.165) is 42.8 Å². The number of nitrogens with one attached hydrogen (secondary N) is 1. The van der Waals surface area contributed by atoms with E-state index in [9.17, 15) is 10.4 Å². The highest BCUT2D eigenvalue weighted by Gasteiger charge is 2.64. The standard InChI is InChI=1S/C34H45Cl2N14O2/c1-18-26-29(38)41-16-43-31(26)48(45-18)20(3)33(21(4)49-32-27(19(2)46-49)30(39)42-17-44-32)15-34(35,36)25(9-37)24-14-50(22-10-40-11-22,6-8-52-28(24)33)23-12-47(13-23)5-7-51/h16-17,20-23,25,40,51H,5-8,10-15H2,1-4H3,(H2,38,41,43)(H2,39,42,44)/q+1. The van der Waals surface area contributed by atoms with Gasteiger partial charge in [-0.05, 0) is 34.1 Å². The number of aliphatic hydroxyl groups is 1. The largest absolute Gasteiger partial charge is 0.491 e. The number of aromatic nitrogens is 8. The number of nitriles is 1. The van der Waals surface area contributed by atoms with Gasteiger partial charge in [-0.15, -0.1) is 0 Å². The van der Waals surface area contributed by atoms with Crippen molar-refractivity contribution >= 4 is 56.9 Å². The van der Waals surface area contributed by atoms with E-state index in [1.807, 2.05) is 23.2 Å². The minimum Gasteiger partial charge on any atom is -0.491 e. The Morgan fingerprint density at radius 2 is 1.58 bits per heavy atom. The summed E-state index contributed by atoms with van der Waals surface area (Å²) in [7, 11) is 0. The zero-order chi connectivity index (χ0) is 36.7. The minimum atomic E-state index is -1.53. The second-order valence-corrected chi connectivity index (χ2v) is 16.5. The quantitative estimate of drug-likeness (QED) is 0.150. The molecule has 276 valence electrons. The molecule has 16 nitrogen and oxygen atoms in total. The van der Waals surface area contributed by atoms with Crippen LogP contribution in [0, 0.1) is 36.5 Å². The lowest BCUT2D eigenvalue weighted by atomic mass is 9.62. The highest BCUT2D eigenvalue weighted by molar-refractivity contribution is 6.49. The molecule has 4 aromatic rings. The maximum Gasteiger partial charge on any atom is 0.163 e. The number of hydrogen-bond donors (Lipinski definition) is 4. The van der Waals surface area contributed by atoms with Crippen LogP contribution in [0.1, 0.15) is 43.7 Å². The van der Waals surface area contributed by atoms with Crippen molar-refractivity contribution in [3.63, 3.8) is 0 Å². The van der Waals surface area contributed by atoms with Crippen LogP contribution in [0.2, 0.25) is 0 Å². The topological polar surface area (TPSA) is 208 Å². The molecule has 2 saturated heterocycles. The van der Waals surface area contributed by atoms with E-state index < -0.39 is 27.7 Å². The van der Waals surface area contributed by atoms with Gasteiger partial charge in [0.2, 0.25) is 0 Å². The summed E-state index contributed by atoms with van der Waals surface area (Å²) in [5.41, 5.74) is 15.0. The summed E-state index contributed by atoms with van der Waals surface area (Å²) in [6.45, 7) is 13.8. The van der Waals surface area contributed by atoms with Gasteiger partial charge in [-0.2, -0.15) is 15.5 Å². The van der Waals surface area contributed by atoms with Crippen LogP contribution in [-0.4, -0.2) is 129 Å². The first kappa shape index (κ1) is 35.2. The molecular weight excluding hydrogens is 707 g/mol. The molecule has 2 fully saturated rings. The number of nitrogens with zero attached hydrogens (tertiary/aromatic N) is 11. The van der Waals surface area contributed by atoms with E-state index >= 15 is 0 Å². The number of likely N-dealkylation sites (tertiary alicyclic amines) is 1. The molecule has 4 aliphatic rings. The van der Waals surface area contributed by atoms with Crippen molar-refractivity contribution < 1.29 is 14.3 Å². The van der Waals surface area contributed by atoms with Crippen molar-refractivity contribution in [2.45, 2.75) is 62.6 Å². The SMILES string of the molecule is Cc1nn(C(C)C2(C(C)n3nc(C)c4c(N)ncnc43)CC(Cl)(Cl)C(C#N)C3=C2OCC[N+](C2CNC2)(C2CN(CCO)C2)C3)c2ncnc(N)c12. The minimum absolute atomic E-state index is 0.113. The normalized spacial score (nSPS) is 28.1. The smallest absolute Gasteiger partial charge is 0.163 e. The molecule has 18 heteroatoms. The highest BCUT2D eigenvalue weighted by atomic mass is 35.5.